The van der Waals surface area contributed by atoms with Gasteiger partial charge in [0.2, 0.25) is 11.5 Å². The molecule has 1 amide bonds. The van der Waals surface area contributed by atoms with Crippen LogP contribution < -0.4 is 10.9 Å². The lowest BCUT2D eigenvalue weighted by Gasteiger charge is -2.26. The Bertz CT molecular complexity index is 807. The van der Waals surface area contributed by atoms with Crippen molar-refractivity contribution in [1.82, 2.24) is 20.1 Å². The van der Waals surface area contributed by atoms with E-state index in [0.29, 0.717) is 5.92 Å². The van der Waals surface area contributed by atoms with Crippen molar-refractivity contribution in [1.29, 1.82) is 0 Å². The normalized spacial score (nSPS) is 25.7. The predicted molar refractivity (Wildman–Crippen MR) is 84.9 cm³/mol. The summed E-state index contributed by atoms with van der Waals surface area (Å²) in [5.74, 6) is 0.456. The first-order valence-electron chi connectivity index (χ1n) is 8.13. The van der Waals surface area contributed by atoms with Crippen LogP contribution >= 0.6 is 0 Å². The summed E-state index contributed by atoms with van der Waals surface area (Å²) in [5.41, 5.74) is 3.09. The molecule has 2 aromatic heterocycles. The second kappa shape index (κ2) is 5.37. The molecular weight excluding hydrogens is 292 g/mol. The zero-order valence-electron chi connectivity index (χ0n) is 13.1. The number of hydrogen-bond donors (Lipinski definition) is 2. The molecule has 2 aromatic rings. The Morgan fingerprint density at radius 1 is 1.43 bits per heavy atom. The van der Waals surface area contributed by atoms with E-state index in [9.17, 15) is 9.59 Å². The maximum Gasteiger partial charge on any atom is 0.248 e. The standard InChI is InChI=1S/C17H20N4O2/c1-21-9-10(8-18-21)12-7-13(12)17(23)20-15-4-2-3-14-11(15)5-6-16(22)19-14/h5-6,8-9,12-13,15H,2-4,7H2,1H3,(H,19,22)(H,20,23)/t12-,13+,15+/m0/s1. The van der Waals surface area contributed by atoms with Crippen molar-refractivity contribution in [3.63, 3.8) is 0 Å². The van der Waals surface area contributed by atoms with E-state index in [2.05, 4.69) is 15.4 Å². The van der Waals surface area contributed by atoms with Crippen molar-refractivity contribution >= 4 is 5.91 Å². The topological polar surface area (TPSA) is 79.8 Å². The molecule has 1 saturated carbocycles. The Kier molecular flexibility index (Phi) is 3.32. The molecule has 120 valence electrons. The monoisotopic (exact) mass is 312 g/mol. The van der Waals surface area contributed by atoms with Crippen molar-refractivity contribution in [2.24, 2.45) is 13.0 Å². The highest BCUT2D eigenvalue weighted by Crippen LogP contribution is 2.47. The van der Waals surface area contributed by atoms with E-state index in [1.54, 1.807) is 10.7 Å². The number of aryl methyl sites for hydroxylation is 2. The van der Waals surface area contributed by atoms with Crippen LogP contribution in [0.4, 0.5) is 0 Å². The van der Waals surface area contributed by atoms with E-state index in [0.717, 1.165) is 42.5 Å². The number of carbonyl (C=O) groups excluding carboxylic acids is 1. The SMILES string of the molecule is Cn1cc([C@@H]2C[C@H]2C(=O)N[C@@H]2CCCc3[nH]c(=O)ccc32)cn1. The van der Waals surface area contributed by atoms with Crippen molar-refractivity contribution in [2.75, 3.05) is 0 Å². The Morgan fingerprint density at radius 2 is 2.30 bits per heavy atom. The van der Waals surface area contributed by atoms with Gasteiger partial charge in [-0.25, -0.2) is 0 Å². The molecule has 2 heterocycles. The van der Waals surface area contributed by atoms with Crippen molar-refractivity contribution < 1.29 is 4.79 Å². The Balaban J connectivity index is 1.46. The lowest BCUT2D eigenvalue weighted by atomic mass is 9.91. The van der Waals surface area contributed by atoms with Crippen LogP contribution in [-0.2, 0) is 18.3 Å². The number of nitrogens with one attached hydrogen (secondary N) is 2. The summed E-state index contributed by atoms with van der Waals surface area (Å²) >= 11 is 0. The molecule has 6 nitrogen and oxygen atoms in total. The van der Waals surface area contributed by atoms with Crippen LogP contribution in [0, 0.1) is 5.92 Å². The minimum absolute atomic E-state index is 0.0123. The van der Waals surface area contributed by atoms with Gasteiger partial charge in [-0.2, -0.15) is 5.10 Å². The number of aromatic amines is 1. The van der Waals surface area contributed by atoms with E-state index in [-0.39, 0.29) is 23.4 Å². The van der Waals surface area contributed by atoms with Gasteiger partial charge in [-0.1, -0.05) is 0 Å². The number of nitrogens with zero attached hydrogens (tertiary/aromatic N) is 2. The number of amides is 1. The summed E-state index contributed by atoms with van der Waals surface area (Å²) < 4.78 is 1.77. The molecule has 4 rings (SSSR count). The molecule has 3 atom stereocenters. The van der Waals surface area contributed by atoms with Crippen LogP contribution in [0.1, 0.15) is 48.0 Å². The van der Waals surface area contributed by atoms with Gasteiger partial charge in [0, 0.05) is 30.9 Å². The van der Waals surface area contributed by atoms with E-state index >= 15 is 0 Å². The van der Waals surface area contributed by atoms with Gasteiger partial charge in [0.05, 0.1) is 12.2 Å². The van der Waals surface area contributed by atoms with Gasteiger partial charge < -0.3 is 10.3 Å². The fourth-order valence-electron chi connectivity index (χ4n) is 3.61. The van der Waals surface area contributed by atoms with Gasteiger partial charge in [0.15, 0.2) is 0 Å². The van der Waals surface area contributed by atoms with Crippen LogP contribution in [-0.4, -0.2) is 20.7 Å². The maximum atomic E-state index is 12.5. The summed E-state index contributed by atoms with van der Waals surface area (Å²) in [4.78, 5) is 26.9. The van der Waals surface area contributed by atoms with E-state index in [1.807, 2.05) is 25.5 Å². The number of rotatable bonds is 3. The molecule has 0 saturated heterocycles. The molecule has 0 bridgehead atoms. The largest absolute Gasteiger partial charge is 0.349 e. The summed E-state index contributed by atoms with van der Waals surface area (Å²) in [6.07, 6.45) is 7.50. The number of aromatic nitrogens is 3. The Morgan fingerprint density at radius 3 is 3.09 bits per heavy atom. The Labute approximate surface area is 133 Å². The van der Waals surface area contributed by atoms with E-state index in [4.69, 9.17) is 0 Å². The maximum absolute atomic E-state index is 12.5. The molecule has 2 aliphatic rings. The first kappa shape index (κ1) is 14.2. The molecule has 0 unspecified atom stereocenters. The number of hydrogen-bond acceptors (Lipinski definition) is 3. The van der Waals surface area contributed by atoms with E-state index < -0.39 is 0 Å². The smallest absolute Gasteiger partial charge is 0.248 e. The van der Waals surface area contributed by atoms with E-state index in [1.165, 1.54) is 0 Å². The third-order valence-corrected chi connectivity index (χ3v) is 4.93. The quantitative estimate of drug-likeness (QED) is 0.899. The minimum atomic E-state index is -0.0745. The Hall–Kier alpha value is -2.37. The lowest BCUT2D eigenvalue weighted by molar-refractivity contribution is -0.123. The number of carbonyl (C=O) groups is 1. The first-order valence-corrected chi connectivity index (χ1v) is 8.13. The summed E-state index contributed by atoms with van der Waals surface area (Å²) in [6, 6.07) is 3.40. The predicted octanol–water partition coefficient (Wildman–Crippen LogP) is 1.41. The van der Waals surface area contributed by atoms with Crippen LogP contribution in [0.3, 0.4) is 0 Å². The van der Waals surface area contributed by atoms with Crippen molar-refractivity contribution in [3.8, 4) is 0 Å². The number of pyridine rings is 1. The zero-order valence-corrected chi connectivity index (χ0v) is 13.1. The molecule has 1 fully saturated rings. The molecule has 2 N–H and O–H groups in total. The van der Waals surface area contributed by atoms with Gasteiger partial charge in [-0.05, 0) is 48.8 Å². The molecule has 6 heteroatoms. The highest BCUT2D eigenvalue weighted by atomic mass is 16.2. The highest BCUT2D eigenvalue weighted by molar-refractivity contribution is 5.83. The fraction of sp³-hybridized carbons (Fsp3) is 0.471. The average molecular weight is 312 g/mol. The molecule has 23 heavy (non-hydrogen) atoms. The van der Waals surface area contributed by atoms with Crippen LogP contribution in [0.25, 0.3) is 0 Å². The second-order valence-corrected chi connectivity index (χ2v) is 6.61. The fourth-order valence-corrected chi connectivity index (χ4v) is 3.61. The molecule has 0 aliphatic heterocycles. The van der Waals surface area contributed by atoms with Gasteiger partial charge in [0.1, 0.15) is 0 Å². The molecule has 0 aromatic carbocycles. The second-order valence-electron chi connectivity index (χ2n) is 6.61. The number of H-pyrrole nitrogens is 1. The molecule has 0 radical (unpaired) electrons. The highest BCUT2D eigenvalue weighted by Gasteiger charge is 2.45. The minimum Gasteiger partial charge on any atom is -0.349 e. The van der Waals surface area contributed by atoms with Gasteiger partial charge in [0.25, 0.3) is 0 Å². The molecular formula is C17H20N4O2. The van der Waals surface area contributed by atoms with Crippen molar-refractivity contribution in [3.05, 3.63) is 51.7 Å². The summed E-state index contributed by atoms with van der Waals surface area (Å²) in [6.45, 7) is 0. The van der Waals surface area contributed by atoms with Crippen molar-refractivity contribution in [2.45, 2.75) is 37.6 Å². The summed E-state index contributed by atoms with van der Waals surface area (Å²) in [7, 11) is 1.89. The average Bonchev–Trinajstić information content (AvgIpc) is 3.22. The third-order valence-electron chi connectivity index (χ3n) is 4.93. The van der Waals surface area contributed by atoms with Gasteiger partial charge in [-0.15, -0.1) is 0 Å². The molecule has 0 spiro atoms. The lowest BCUT2D eigenvalue weighted by Crippen LogP contribution is -2.33. The van der Waals surface area contributed by atoms with Crippen LogP contribution in [0.5, 0.6) is 0 Å². The first-order chi connectivity index (χ1) is 11.1. The van der Waals surface area contributed by atoms with Gasteiger partial charge >= 0.3 is 0 Å². The summed E-state index contributed by atoms with van der Waals surface area (Å²) in [5, 5.41) is 7.35. The van der Waals surface area contributed by atoms with Gasteiger partial charge in [-0.3, -0.25) is 14.3 Å². The zero-order chi connectivity index (χ0) is 16.0. The van der Waals surface area contributed by atoms with Crippen LogP contribution in [0.15, 0.2) is 29.3 Å². The molecule has 2 aliphatic carbocycles. The van der Waals surface area contributed by atoms with Crippen LogP contribution in [0.2, 0.25) is 0 Å². The number of fused-ring (bicyclic) bond motifs is 1. The third kappa shape index (κ3) is 2.69.